The molecule has 2 aromatic carbocycles. The zero-order chi connectivity index (χ0) is 19.4. The Morgan fingerprint density at radius 3 is 2.63 bits per heavy atom. The fraction of sp³-hybridized carbons (Fsp3) is 0.211. The SMILES string of the molecule is CC(C)c1noc(-c2ccc(OCC(=O)Nc3ccc(Br)cc3F)cc2)n1. The minimum Gasteiger partial charge on any atom is -0.484 e. The van der Waals surface area contributed by atoms with E-state index in [1.807, 2.05) is 13.8 Å². The number of hydrogen-bond acceptors (Lipinski definition) is 5. The maximum Gasteiger partial charge on any atom is 0.262 e. The number of aromatic nitrogens is 2. The van der Waals surface area contributed by atoms with Gasteiger partial charge in [0, 0.05) is 16.0 Å². The van der Waals surface area contributed by atoms with Crippen molar-refractivity contribution < 1.29 is 18.4 Å². The average Bonchev–Trinajstić information content (AvgIpc) is 3.13. The van der Waals surface area contributed by atoms with Crippen LogP contribution in [0.25, 0.3) is 11.5 Å². The first-order valence-electron chi connectivity index (χ1n) is 8.24. The van der Waals surface area contributed by atoms with Gasteiger partial charge in [0.25, 0.3) is 11.8 Å². The summed E-state index contributed by atoms with van der Waals surface area (Å²) in [7, 11) is 0. The summed E-state index contributed by atoms with van der Waals surface area (Å²) in [5.41, 5.74) is 0.850. The number of nitrogens with zero attached hydrogens (tertiary/aromatic N) is 2. The number of nitrogens with one attached hydrogen (secondary N) is 1. The largest absolute Gasteiger partial charge is 0.484 e. The quantitative estimate of drug-likeness (QED) is 0.605. The van der Waals surface area contributed by atoms with Gasteiger partial charge in [0.15, 0.2) is 12.4 Å². The third-order valence-electron chi connectivity index (χ3n) is 3.63. The normalized spacial score (nSPS) is 10.9. The number of benzene rings is 2. The average molecular weight is 434 g/mol. The maximum absolute atomic E-state index is 13.7. The monoisotopic (exact) mass is 433 g/mol. The summed E-state index contributed by atoms with van der Waals surface area (Å²) in [6.07, 6.45) is 0. The number of rotatable bonds is 6. The molecule has 3 aromatic rings. The number of amides is 1. The first kappa shape index (κ1) is 19.0. The first-order chi connectivity index (χ1) is 12.9. The van der Waals surface area contributed by atoms with Gasteiger partial charge in [0.05, 0.1) is 5.69 Å². The Hall–Kier alpha value is -2.74. The summed E-state index contributed by atoms with van der Waals surface area (Å²) in [4.78, 5) is 16.3. The fourth-order valence-corrected chi connectivity index (χ4v) is 2.54. The smallest absolute Gasteiger partial charge is 0.262 e. The van der Waals surface area contributed by atoms with Crippen molar-refractivity contribution in [1.82, 2.24) is 10.1 Å². The lowest BCUT2D eigenvalue weighted by Crippen LogP contribution is -2.20. The lowest BCUT2D eigenvalue weighted by Gasteiger charge is -2.08. The Kier molecular flexibility index (Phi) is 5.85. The number of ether oxygens (including phenoxy) is 1. The van der Waals surface area contributed by atoms with Crippen LogP contribution in [-0.2, 0) is 4.79 Å². The first-order valence-corrected chi connectivity index (χ1v) is 9.03. The standard InChI is InChI=1S/C19H17BrFN3O3/c1-11(2)18-23-19(27-24-18)12-3-6-14(7-4-12)26-10-17(25)22-16-8-5-13(20)9-15(16)21/h3-9,11H,10H2,1-2H3,(H,22,25). The summed E-state index contributed by atoms with van der Waals surface area (Å²) in [6, 6.07) is 11.3. The molecule has 0 spiro atoms. The zero-order valence-electron chi connectivity index (χ0n) is 14.7. The number of halogens is 2. The summed E-state index contributed by atoms with van der Waals surface area (Å²) in [5.74, 6) is 0.755. The van der Waals surface area contributed by atoms with E-state index in [2.05, 4.69) is 31.4 Å². The van der Waals surface area contributed by atoms with Gasteiger partial charge in [-0.15, -0.1) is 0 Å². The van der Waals surface area contributed by atoms with Gasteiger partial charge in [-0.05, 0) is 42.5 Å². The molecule has 1 heterocycles. The van der Waals surface area contributed by atoms with Gasteiger partial charge in [-0.2, -0.15) is 4.98 Å². The van der Waals surface area contributed by atoms with E-state index in [0.717, 1.165) is 5.56 Å². The molecule has 0 aliphatic carbocycles. The van der Waals surface area contributed by atoms with Crippen LogP contribution in [0.4, 0.5) is 10.1 Å². The Labute approximate surface area is 163 Å². The molecule has 0 saturated carbocycles. The highest BCUT2D eigenvalue weighted by Crippen LogP contribution is 2.23. The van der Waals surface area contributed by atoms with Crippen molar-refractivity contribution in [2.24, 2.45) is 0 Å². The van der Waals surface area contributed by atoms with Gasteiger partial charge < -0.3 is 14.6 Å². The molecule has 1 aromatic heterocycles. The molecule has 8 heteroatoms. The second-order valence-electron chi connectivity index (χ2n) is 6.10. The topological polar surface area (TPSA) is 77.2 Å². The van der Waals surface area contributed by atoms with E-state index >= 15 is 0 Å². The van der Waals surface area contributed by atoms with Crippen molar-refractivity contribution >= 4 is 27.5 Å². The summed E-state index contributed by atoms with van der Waals surface area (Å²) in [5, 5.41) is 6.39. The number of hydrogen-bond donors (Lipinski definition) is 1. The van der Waals surface area contributed by atoms with E-state index in [1.165, 1.54) is 12.1 Å². The van der Waals surface area contributed by atoms with Crippen LogP contribution in [-0.4, -0.2) is 22.7 Å². The van der Waals surface area contributed by atoms with Crippen molar-refractivity contribution in [2.45, 2.75) is 19.8 Å². The van der Waals surface area contributed by atoms with Crippen LogP contribution >= 0.6 is 15.9 Å². The van der Waals surface area contributed by atoms with Crippen LogP contribution in [0.3, 0.4) is 0 Å². The summed E-state index contributed by atoms with van der Waals surface area (Å²) < 4.78 is 25.0. The minimum atomic E-state index is -0.526. The molecule has 0 saturated heterocycles. The fourth-order valence-electron chi connectivity index (χ4n) is 2.21. The van der Waals surface area contributed by atoms with Crippen LogP contribution < -0.4 is 10.1 Å². The van der Waals surface area contributed by atoms with Gasteiger partial charge in [-0.3, -0.25) is 4.79 Å². The number of carbonyl (C=O) groups is 1. The molecule has 27 heavy (non-hydrogen) atoms. The molecule has 0 radical (unpaired) electrons. The van der Waals surface area contributed by atoms with Crippen LogP contribution in [0.15, 0.2) is 51.5 Å². The van der Waals surface area contributed by atoms with Crippen LogP contribution in [0, 0.1) is 5.82 Å². The van der Waals surface area contributed by atoms with Crippen molar-refractivity contribution in [3.63, 3.8) is 0 Å². The molecule has 1 N–H and O–H groups in total. The molecule has 0 bridgehead atoms. The van der Waals surface area contributed by atoms with Gasteiger partial charge >= 0.3 is 0 Å². The van der Waals surface area contributed by atoms with Gasteiger partial charge in [-0.1, -0.05) is 34.9 Å². The van der Waals surface area contributed by atoms with Crippen molar-refractivity contribution in [2.75, 3.05) is 11.9 Å². The summed E-state index contributed by atoms with van der Waals surface area (Å²) >= 11 is 3.16. The van der Waals surface area contributed by atoms with E-state index < -0.39 is 11.7 Å². The molecule has 1 amide bonds. The molecular formula is C19H17BrFN3O3. The van der Waals surface area contributed by atoms with Crippen LogP contribution in [0.1, 0.15) is 25.6 Å². The van der Waals surface area contributed by atoms with Crippen LogP contribution in [0.2, 0.25) is 0 Å². The van der Waals surface area contributed by atoms with E-state index in [4.69, 9.17) is 9.26 Å². The third kappa shape index (κ3) is 4.91. The Morgan fingerprint density at radius 1 is 1.26 bits per heavy atom. The molecule has 3 rings (SSSR count). The highest BCUT2D eigenvalue weighted by Gasteiger charge is 2.12. The minimum absolute atomic E-state index is 0.0968. The molecule has 0 aliphatic rings. The Balaban J connectivity index is 1.57. The molecule has 6 nitrogen and oxygen atoms in total. The van der Waals surface area contributed by atoms with Crippen LogP contribution in [0.5, 0.6) is 5.75 Å². The van der Waals surface area contributed by atoms with Crippen molar-refractivity contribution in [3.05, 3.63) is 58.6 Å². The zero-order valence-corrected chi connectivity index (χ0v) is 16.3. The van der Waals surface area contributed by atoms with Gasteiger partial charge in [0.2, 0.25) is 0 Å². The maximum atomic E-state index is 13.7. The lowest BCUT2D eigenvalue weighted by atomic mass is 10.2. The van der Waals surface area contributed by atoms with Gasteiger partial charge in [-0.25, -0.2) is 4.39 Å². The number of anilines is 1. The molecule has 140 valence electrons. The van der Waals surface area contributed by atoms with E-state index in [0.29, 0.717) is 21.9 Å². The third-order valence-corrected chi connectivity index (χ3v) is 4.13. The molecule has 0 atom stereocenters. The highest BCUT2D eigenvalue weighted by atomic mass is 79.9. The van der Waals surface area contributed by atoms with E-state index in [1.54, 1.807) is 30.3 Å². The second kappa shape index (κ2) is 8.30. The molecule has 0 aliphatic heterocycles. The highest BCUT2D eigenvalue weighted by molar-refractivity contribution is 9.10. The van der Waals surface area contributed by atoms with Crippen molar-refractivity contribution in [3.8, 4) is 17.2 Å². The van der Waals surface area contributed by atoms with Crippen molar-refractivity contribution in [1.29, 1.82) is 0 Å². The Morgan fingerprint density at radius 2 is 2.00 bits per heavy atom. The molecule has 0 fully saturated rings. The predicted molar refractivity (Wildman–Crippen MR) is 102 cm³/mol. The lowest BCUT2D eigenvalue weighted by molar-refractivity contribution is -0.118. The summed E-state index contributed by atoms with van der Waals surface area (Å²) in [6.45, 7) is 3.72. The molecular weight excluding hydrogens is 417 g/mol. The Bertz CT molecular complexity index is 942. The van der Waals surface area contributed by atoms with E-state index in [-0.39, 0.29) is 18.2 Å². The van der Waals surface area contributed by atoms with Gasteiger partial charge in [0.1, 0.15) is 11.6 Å². The predicted octanol–water partition coefficient (Wildman–Crippen LogP) is 4.78. The second-order valence-corrected chi connectivity index (χ2v) is 7.01. The van der Waals surface area contributed by atoms with E-state index in [9.17, 15) is 9.18 Å². The molecule has 0 unspecified atom stereocenters. The number of carbonyl (C=O) groups excluding carboxylic acids is 1.